The van der Waals surface area contributed by atoms with Gasteiger partial charge in [-0.05, 0) is 31.9 Å². The summed E-state index contributed by atoms with van der Waals surface area (Å²) < 4.78 is 10.6. The van der Waals surface area contributed by atoms with Crippen LogP contribution in [0.1, 0.15) is 32.4 Å². The van der Waals surface area contributed by atoms with E-state index >= 15 is 0 Å². The minimum atomic E-state index is -0.00942. The van der Waals surface area contributed by atoms with Crippen LogP contribution in [-0.2, 0) is 16.0 Å². The zero-order chi connectivity index (χ0) is 17.5. The van der Waals surface area contributed by atoms with Crippen molar-refractivity contribution in [2.45, 2.75) is 33.1 Å². The van der Waals surface area contributed by atoms with Crippen molar-refractivity contribution in [1.29, 1.82) is 0 Å². The SMILES string of the molecule is CCOCCCNC(=NCCCNC(C)=O)NCCc1ccco1. The van der Waals surface area contributed by atoms with Crippen LogP contribution in [0.5, 0.6) is 0 Å². The van der Waals surface area contributed by atoms with Gasteiger partial charge in [-0.15, -0.1) is 0 Å². The summed E-state index contributed by atoms with van der Waals surface area (Å²) in [5.74, 6) is 1.72. The lowest BCUT2D eigenvalue weighted by Crippen LogP contribution is -2.39. The van der Waals surface area contributed by atoms with Crippen molar-refractivity contribution in [1.82, 2.24) is 16.0 Å². The molecular formula is C17H30N4O3. The Morgan fingerprint density at radius 3 is 2.71 bits per heavy atom. The zero-order valence-corrected chi connectivity index (χ0v) is 14.8. The third-order valence-corrected chi connectivity index (χ3v) is 3.18. The second-order valence-corrected chi connectivity index (χ2v) is 5.30. The highest BCUT2D eigenvalue weighted by atomic mass is 16.5. The van der Waals surface area contributed by atoms with Crippen LogP contribution in [0.3, 0.4) is 0 Å². The minimum absolute atomic E-state index is 0.00942. The van der Waals surface area contributed by atoms with E-state index < -0.39 is 0 Å². The lowest BCUT2D eigenvalue weighted by molar-refractivity contribution is -0.118. The molecule has 3 N–H and O–H groups in total. The van der Waals surface area contributed by atoms with Gasteiger partial charge in [-0.1, -0.05) is 0 Å². The first-order valence-corrected chi connectivity index (χ1v) is 8.59. The van der Waals surface area contributed by atoms with Crippen molar-refractivity contribution in [2.75, 3.05) is 39.4 Å². The molecule has 24 heavy (non-hydrogen) atoms. The Labute approximate surface area is 144 Å². The fourth-order valence-corrected chi connectivity index (χ4v) is 1.99. The fourth-order valence-electron chi connectivity index (χ4n) is 1.99. The predicted octanol–water partition coefficient (Wildman–Crippen LogP) is 1.31. The van der Waals surface area contributed by atoms with E-state index in [9.17, 15) is 4.79 Å². The Bertz CT molecular complexity index is 460. The van der Waals surface area contributed by atoms with E-state index in [0.717, 1.165) is 57.3 Å². The van der Waals surface area contributed by atoms with Gasteiger partial charge in [-0.25, -0.2) is 0 Å². The molecule has 1 amide bonds. The number of aliphatic imine (C=N–C) groups is 1. The molecule has 0 aliphatic rings. The van der Waals surface area contributed by atoms with Crippen molar-refractivity contribution in [3.63, 3.8) is 0 Å². The number of nitrogens with zero attached hydrogens (tertiary/aromatic N) is 1. The molecule has 136 valence electrons. The highest BCUT2D eigenvalue weighted by molar-refractivity contribution is 5.79. The lowest BCUT2D eigenvalue weighted by Gasteiger charge is -2.12. The molecule has 0 radical (unpaired) electrons. The Kier molecular flexibility index (Phi) is 11.2. The first-order chi connectivity index (χ1) is 11.7. The fraction of sp³-hybridized carbons (Fsp3) is 0.647. The van der Waals surface area contributed by atoms with E-state index in [-0.39, 0.29) is 5.91 Å². The van der Waals surface area contributed by atoms with Crippen molar-refractivity contribution in [2.24, 2.45) is 4.99 Å². The number of carbonyl (C=O) groups excluding carboxylic acids is 1. The second kappa shape index (κ2) is 13.4. The summed E-state index contributed by atoms with van der Waals surface area (Å²) in [6.45, 7) is 7.84. The largest absolute Gasteiger partial charge is 0.469 e. The quantitative estimate of drug-likeness (QED) is 0.304. The van der Waals surface area contributed by atoms with Crippen LogP contribution < -0.4 is 16.0 Å². The number of hydrogen-bond donors (Lipinski definition) is 3. The molecule has 0 fully saturated rings. The van der Waals surface area contributed by atoms with E-state index in [0.29, 0.717) is 13.1 Å². The van der Waals surface area contributed by atoms with Crippen LogP contribution in [0.25, 0.3) is 0 Å². The van der Waals surface area contributed by atoms with Crippen molar-refractivity contribution < 1.29 is 13.9 Å². The van der Waals surface area contributed by atoms with Crippen LogP contribution in [0.15, 0.2) is 27.8 Å². The normalized spacial score (nSPS) is 11.3. The monoisotopic (exact) mass is 338 g/mol. The summed E-state index contributed by atoms with van der Waals surface area (Å²) in [7, 11) is 0. The lowest BCUT2D eigenvalue weighted by atomic mass is 10.3. The molecule has 0 atom stereocenters. The molecule has 1 heterocycles. The molecule has 0 bridgehead atoms. The van der Waals surface area contributed by atoms with Crippen LogP contribution in [0.2, 0.25) is 0 Å². The van der Waals surface area contributed by atoms with Crippen LogP contribution >= 0.6 is 0 Å². The van der Waals surface area contributed by atoms with E-state index in [1.807, 2.05) is 19.1 Å². The van der Waals surface area contributed by atoms with Crippen LogP contribution in [0.4, 0.5) is 0 Å². The van der Waals surface area contributed by atoms with Crippen molar-refractivity contribution in [3.05, 3.63) is 24.2 Å². The first-order valence-electron chi connectivity index (χ1n) is 8.59. The molecule has 7 nitrogen and oxygen atoms in total. The number of guanidine groups is 1. The number of furan rings is 1. The Morgan fingerprint density at radius 2 is 2.00 bits per heavy atom. The maximum Gasteiger partial charge on any atom is 0.216 e. The van der Waals surface area contributed by atoms with E-state index in [1.165, 1.54) is 6.92 Å². The van der Waals surface area contributed by atoms with Gasteiger partial charge in [0.1, 0.15) is 5.76 Å². The van der Waals surface area contributed by atoms with Crippen molar-refractivity contribution >= 4 is 11.9 Å². The Morgan fingerprint density at radius 1 is 1.21 bits per heavy atom. The zero-order valence-electron chi connectivity index (χ0n) is 14.8. The van der Waals surface area contributed by atoms with Gasteiger partial charge in [-0.2, -0.15) is 0 Å². The highest BCUT2D eigenvalue weighted by Crippen LogP contribution is 1.99. The van der Waals surface area contributed by atoms with E-state index in [4.69, 9.17) is 9.15 Å². The molecule has 1 rings (SSSR count). The summed E-state index contributed by atoms with van der Waals surface area (Å²) in [4.78, 5) is 15.4. The number of nitrogens with one attached hydrogen (secondary N) is 3. The van der Waals surface area contributed by atoms with Crippen LogP contribution in [0, 0.1) is 0 Å². The maximum absolute atomic E-state index is 10.8. The number of hydrogen-bond acceptors (Lipinski definition) is 4. The average Bonchev–Trinajstić information content (AvgIpc) is 3.06. The predicted molar refractivity (Wildman–Crippen MR) is 95.1 cm³/mol. The number of amides is 1. The molecule has 0 aromatic carbocycles. The van der Waals surface area contributed by atoms with Gasteiger partial charge in [0.15, 0.2) is 5.96 Å². The number of carbonyl (C=O) groups is 1. The molecule has 7 heteroatoms. The van der Waals surface area contributed by atoms with Gasteiger partial charge in [0.2, 0.25) is 5.91 Å². The molecule has 0 unspecified atom stereocenters. The molecule has 0 spiro atoms. The summed E-state index contributed by atoms with van der Waals surface area (Å²) in [5, 5.41) is 9.37. The van der Waals surface area contributed by atoms with Crippen LogP contribution in [-0.4, -0.2) is 51.3 Å². The van der Waals surface area contributed by atoms with E-state index in [2.05, 4.69) is 20.9 Å². The third kappa shape index (κ3) is 10.7. The van der Waals surface area contributed by atoms with E-state index in [1.54, 1.807) is 6.26 Å². The topological polar surface area (TPSA) is 87.9 Å². The standard InChI is InChI=1S/C17H30N4O3/c1-3-23-13-6-11-20-17(19-10-5-9-18-15(2)22)21-12-8-16-7-4-14-24-16/h4,7,14H,3,5-6,8-13H2,1-2H3,(H,18,22)(H2,19,20,21). The second-order valence-electron chi connectivity index (χ2n) is 5.30. The highest BCUT2D eigenvalue weighted by Gasteiger charge is 2.00. The first kappa shape index (κ1) is 20.0. The molecule has 0 aliphatic heterocycles. The molecule has 0 saturated heterocycles. The number of ether oxygens (including phenoxy) is 1. The summed E-state index contributed by atoms with van der Waals surface area (Å²) >= 11 is 0. The van der Waals surface area contributed by atoms with Gasteiger partial charge < -0.3 is 25.1 Å². The molecular weight excluding hydrogens is 308 g/mol. The molecule has 1 aromatic heterocycles. The third-order valence-electron chi connectivity index (χ3n) is 3.18. The van der Waals surface area contributed by atoms with Gasteiger partial charge in [0.05, 0.1) is 6.26 Å². The smallest absolute Gasteiger partial charge is 0.216 e. The summed E-state index contributed by atoms with van der Waals surface area (Å²) in [6, 6.07) is 3.85. The maximum atomic E-state index is 10.8. The van der Waals surface area contributed by atoms with Gasteiger partial charge in [-0.3, -0.25) is 9.79 Å². The summed E-state index contributed by atoms with van der Waals surface area (Å²) in [6.07, 6.45) is 4.22. The average molecular weight is 338 g/mol. The minimum Gasteiger partial charge on any atom is -0.469 e. The number of rotatable bonds is 12. The molecule has 0 saturated carbocycles. The Balaban J connectivity index is 2.28. The molecule has 0 aliphatic carbocycles. The van der Waals surface area contributed by atoms with Gasteiger partial charge in [0, 0.05) is 52.7 Å². The summed E-state index contributed by atoms with van der Waals surface area (Å²) in [5.41, 5.74) is 0. The van der Waals surface area contributed by atoms with Crippen molar-refractivity contribution in [3.8, 4) is 0 Å². The Hall–Kier alpha value is -2.02. The van der Waals surface area contributed by atoms with Gasteiger partial charge >= 0.3 is 0 Å². The van der Waals surface area contributed by atoms with Gasteiger partial charge in [0.25, 0.3) is 0 Å². The molecule has 1 aromatic rings.